The van der Waals surface area contributed by atoms with E-state index in [1.54, 1.807) is 33.5 Å². The molecule has 0 saturated heterocycles. The summed E-state index contributed by atoms with van der Waals surface area (Å²) >= 11 is 1.46. The minimum Gasteiger partial charge on any atom is -0.326 e. The Morgan fingerprint density at radius 1 is 1.12 bits per heavy atom. The number of aryl methyl sites for hydroxylation is 1. The van der Waals surface area contributed by atoms with Crippen LogP contribution in [0.3, 0.4) is 0 Å². The van der Waals surface area contributed by atoms with Gasteiger partial charge in [0.25, 0.3) is 5.56 Å². The number of carbonyl (C=O) groups is 2. The maximum atomic E-state index is 13.3. The monoisotopic (exact) mass is 474 g/mol. The molecule has 10 heteroatoms. The third kappa shape index (κ3) is 4.19. The fraction of sp³-hybridized carbons (Fsp3) is 0.208. The topological polar surface area (TPSA) is 111 Å². The van der Waals surface area contributed by atoms with Crippen LogP contribution in [-0.2, 0) is 9.59 Å². The number of aromatic nitrogens is 4. The van der Waals surface area contributed by atoms with Crippen LogP contribution in [0.15, 0.2) is 64.7 Å². The first-order valence-electron chi connectivity index (χ1n) is 10.8. The van der Waals surface area contributed by atoms with E-state index < -0.39 is 0 Å². The zero-order valence-electron chi connectivity index (χ0n) is 18.6. The lowest BCUT2D eigenvalue weighted by Crippen LogP contribution is -2.27. The summed E-state index contributed by atoms with van der Waals surface area (Å²) < 4.78 is 3.27. The Kier molecular flexibility index (Phi) is 5.66. The number of fused-ring (bicyclic) bond motifs is 2. The van der Waals surface area contributed by atoms with Crippen molar-refractivity contribution >= 4 is 46.0 Å². The van der Waals surface area contributed by atoms with Gasteiger partial charge in [0.05, 0.1) is 17.9 Å². The summed E-state index contributed by atoms with van der Waals surface area (Å²) in [7, 11) is 0. The number of carbonyl (C=O) groups excluding carboxylic acids is 2. The number of rotatable bonds is 5. The fourth-order valence-electron chi connectivity index (χ4n) is 4.03. The quantitative estimate of drug-likeness (QED) is 0.428. The molecular formula is C24H22N6O3S. The van der Waals surface area contributed by atoms with Crippen LogP contribution >= 0.6 is 11.8 Å². The van der Waals surface area contributed by atoms with Crippen molar-refractivity contribution in [3.63, 3.8) is 0 Å². The van der Waals surface area contributed by atoms with Crippen molar-refractivity contribution in [1.29, 1.82) is 0 Å². The van der Waals surface area contributed by atoms with E-state index in [-0.39, 0.29) is 29.8 Å². The van der Waals surface area contributed by atoms with Crippen LogP contribution in [0.1, 0.15) is 24.9 Å². The van der Waals surface area contributed by atoms with Gasteiger partial charge in [-0.25, -0.2) is 9.67 Å². The third-order valence-corrected chi connectivity index (χ3v) is 6.60. The molecule has 5 rings (SSSR count). The highest BCUT2D eigenvalue weighted by Gasteiger charge is 2.29. The van der Waals surface area contributed by atoms with Gasteiger partial charge in [-0.2, -0.15) is 5.10 Å². The molecule has 0 aliphatic carbocycles. The zero-order chi connectivity index (χ0) is 23.8. The number of benzene rings is 2. The molecule has 1 aliphatic heterocycles. The highest BCUT2D eigenvalue weighted by molar-refractivity contribution is 7.99. The summed E-state index contributed by atoms with van der Waals surface area (Å²) in [4.78, 5) is 42.1. The molecule has 0 radical (unpaired) electrons. The van der Waals surface area contributed by atoms with Crippen LogP contribution in [-0.4, -0.2) is 36.9 Å². The van der Waals surface area contributed by atoms with E-state index in [9.17, 15) is 14.4 Å². The van der Waals surface area contributed by atoms with Crippen LogP contribution in [0.2, 0.25) is 0 Å². The van der Waals surface area contributed by atoms with E-state index in [2.05, 4.69) is 15.7 Å². The Balaban J connectivity index is 1.39. The van der Waals surface area contributed by atoms with Crippen LogP contribution < -0.4 is 16.2 Å². The van der Waals surface area contributed by atoms with Crippen molar-refractivity contribution < 1.29 is 9.59 Å². The Morgan fingerprint density at radius 3 is 2.65 bits per heavy atom. The second-order valence-electron chi connectivity index (χ2n) is 8.18. The molecule has 0 fully saturated rings. The predicted octanol–water partition coefficient (Wildman–Crippen LogP) is 3.52. The molecule has 1 aliphatic rings. The van der Waals surface area contributed by atoms with Crippen molar-refractivity contribution in [2.45, 2.75) is 31.5 Å². The molecule has 2 aromatic heterocycles. The Bertz CT molecular complexity index is 1490. The first-order valence-corrected chi connectivity index (χ1v) is 11.8. The first kappa shape index (κ1) is 21.9. The average Bonchev–Trinajstić information content (AvgIpc) is 3.38. The first-order chi connectivity index (χ1) is 16.4. The number of nitrogens with one attached hydrogen (secondary N) is 2. The summed E-state index contributed by atoms with van der Waals surface area (Å²) in [6.45, 7) is 3.42. The Labute approximate surface area is 199 Å². The SMILES string of the molecule is CC(=O)Nc1cccc(NC(=O)CC2CSc3nc4c(cnn4-c4cccc(C)c4)c(=O)n32)c1. The van der Waals surface area contributed by atoms with Crippen LogP contribution in [0.4, 0.5) is 11.4 Å². The molecule has 3 heterocycles. The second kappa shape index (κ2) is 8.79. The summed E-state index contributed by atoms with van der Waals surface area (Å²) in [5.74, 6) is 0.166. The normalized spacial score (nSPS) is 14.7. The van der Waals surface area contributed by atoms with Gasteiger partial charge in [-0.3, -0.25) is 19.0 Å². The molecule has 2 aromatic carbocycles. The summed E-state index contributed by atoms with van der Waals surface area (Å²) in [6, 6.07) is 14.5. The Hall–Kier alpha value is -3.92. The van der Waals surface area contributed by atoms with Crippen molar-refractivity contribution in [2.24, 2.45) is 0 Å². The molecule has 0 bridgehead atoms. The van der Waals surface area contributed by atoms with Gasteiger partial charge in [-0.15, -0.1) is 0 Å². The Morgan fingerprint density at radius 2 is 1.88 bits per heavy atom. The van der Waals surface area contributed by atoms with Gasteiger partial charge in [-0.1, -0.05) is 30.0 Å². The average molecular weight is 475 g/mol. The van der Waals surface area contributed by atoms with Crippen LogP contribution in [0.25, 0.3) is 16.7 Å². The summed E-state index contributed by atoms with van der Waals surface area (Å²) in [5.41, 5.74) is 3.40. The minimum absolute atomic E-state index is 0.128. The molecule has 4 aromatic rings. The largest absolute Gasteiger partial charge is 0.326 e. The molecule has 172 valence electrons. The molecule has 2 amide bonds. The number of nitrogens with zero attached hydrogens (tertiary/aromatic N) is 4. The number of hydrogen-bond acceptors (Lipinski definition) is 6. The van der Waals surface area contributed by atoms with E-state index >= 15 is 0 Å². The number of amides is 2. The van der Waals surface area contributed by atoms with Crippen molar-refractivity contribution in [1.82, 2.24) is 19.3 Å². The lowest BCUT2D eigenvalue weighted by Gasteiger charge is -2.14. The predicted molar refractivity (Wildman–Crippen MR) is 132 cm³/mol. The minimum atomic E-state index is -0.315. The maximum absolute atomic E-state index is 13.3. The summed E-state index contributed by atoms with van der Waals surface area (Å²) in [5, 5.41) is 10.9. The van der Waals surface area contributed by atoms with Crippen molar-refractivity contribution in [3.05, 3.63) is 70.6 Å². The fourth-order valence-corrected chi connectivity index (χ4v) is 5.16. The number of anilines is 2. The van der Waals surface area contributed by atoms with E-state index in [0.29, 0.717) is 33.3 Å². The molecular weight excluding hydrogens is 452 g/mol. The van der Waals surface area contributed by atoms with Gasteiger partial charge in [0, 0.05) is 30.5 Å². The molecule has 1 unspecified atom stereocenters. The zero-order valence-corrected chi connectivity index (χ0v) is 19.4. The standard InChI is InChI=1S/C24H22N6O3S/c1-14-5-3-8-18(9-14)30-22-20(12-25-30)23(33)29-19(13-34-24(29)28-22)11-21(32)27-17-7-4-6-16(10-17)26-15(2)31/h3-10,12,19H,11,13H2,1-2H3,(H,26,31)(H,27,32). The van der Waals surface area contributed by atoms with Gasteiger partial charge in [0.1, 0.15) is 5.39 Å². The molecule has 2 N–H and O–H groups in total. The number of hydrogen-bond donors (Lipinski definition) is 2. The van der Waals surface area contributed by atoms with Crippen LogP contribution in [0.5, 0.6) is 0 Å². The smallest absolute Gasteiger partial charge is 0.265 e. The van der Waals surface area contributed by atoms with E-state index in [1.807, 2.05) is 31.2 Å². The van der Waals surface area contributed by atoms with E-state index in [4.69, 9.17) is 4.98 Å². The highest BCUT2D eigenvalue weighted by Crippen LogP contribution is 2.33. The van der Waals surface area contributed by atoms with Gasteiger partial charge in [0.15, 0.2) is 10.8 Å². The summed E-state index contributed by atoms with van der Waals surface area (Å²) in [6.07, 6.45) is 1.66. The van der Waals surface area contributed by atoms with E-state index in [1.165, 1.54) is 24.9 Å². The van der Waals surface area contributed by atoms with Gasteiger partial charge in [-0.05, 0) is 42.8 Å². The van der Waals surface area contributed by atoms with Crippen molar-refractivity contribution in [2.75, 3.05) is 16.4 Å². The molecule has 34 heavy (non-hydrogen) atoms. The van der Waals surface area contributed by atoms with Gasteiger partial charge in [0.2, 0.25) is 11.8 Å². The van der Waals surface area contributed by atoms with Gasteiger partial charge >= 0.3 is 0 Å². The molecule has 9 nitrogen and oxygen atoms in total. The third-order valence-electron chi connectivity index (χ3n) is 5.50. The van der Waals surface area contributed by atoms with E-state index in [0.717, 1.165) is 11.3 Å². The molecule has 1 atom stereocenters. The maximum Gasteiger partial charge on any atom is 0.265 e. The molecule has 0 spiro atoms. The molecule has 0 saturated carbocycles. The van der Waals surface area contributed by atoms with Crippen LogP contribution in [0, 0.1) is 6.92 Å². The highest BCUT2D eigenvalue weighted by atomic mass is 32.2. The van der Waals surface area contributed by atoms with Crippen molar-refractivity contribution in [3.8, 4) is 5.69 Å². The lowest BCUT2D eigenvalue weighted by molar-refractivity contribution is -0.117. The second-order valence-corrected chi connectivity index (χ2v) is 9.17. The van der Waals surface area contributed by atoms with Gasteiger partial charge < -0.3 is 10.6 Å². The lowest BCUT2D eigenvalue weighted by atomic mass is 10.2. The number of thioether (sulfide) groups is 1.